The van der Waals surface area contributed by atoms with E-state index in [1.807, 2.05) is 23.6 Å². The summed E-state index contributed by atoms with van der Waals surface area (Å²) in [5, 5.41) is 4.78. The van der Waals surface area contributed by atoms with Gasteiger partial charge in [0.25, 0.3) is 0 Å². The van der Waals surface area contributed by atoms with Crippen LogP contribution < -0.4 is 15.1 Å². The normalized spacial score (nSPS) is 20.5. The van der Waals surface area contributed by atoms with Crippen molar-refractivity contribution in [2.45, 2.75) is 26.3 Å². The van der Waals surface area contributed by atoms with E-state index in [2.05, 4.69) is 123 Å². The molecule has 6 heteroatoms. The maximum absolute atomic E-state index is 4.59. The van der Waals surface area contributed by atoms with Crippen molar-refractivity contribution >= 4 is 33.4 Å². The number of aromatic nitrogens is 1. The maximum atomic E-state index is 4.59. The zero-order chi connectivity index (χ0) is 26.0. The van der Waals surface area contributed by atoms with Crippen LogP contribution in [-0.4, -0.2) is 57.2 Å². The van der Waals surface area contributed by atoms with Gasteiger partial charge in [0.15, 0.2) is 0 Å². The maximum Gasteiger partial charge on any atom is 0.129 e. The number of likely N-dealkylation sites (N-methyl/N-ethyl adjacent to an activating group) is 1. The zero-order valence-corrected chi connectivity index (χ0v) is 23.3. The summed E-state index contributed by atoms with van der Waals surface area (Å²) in [4.78, 5) is 12.6. The second-order valence-corrected chi connectivity index (χ2v) is 11.5. The van der Waals surface area contributed by atoms with Crippen molar-refractivity contribution in [1.29, 1.82) is 0 Å². The highest BCUT2D eigenvalue weighted by Gasteiger charge is 2.29. The highest BCUT2D eigenvalue weighted by molar-refractivity contribution is 7.17. The number of allylic oxidation sites excluding steroid dienone is 7. The Morgan fingerprint density at radius 1 is 1.22 bits per heavy atom. The van der Waals surface area contributed by atoms with Crippen LogP contribution in [0.25, 0.3) is 11.3 Å². The van der Waals surface area contributed by atoms with E-state index in [4.69, 9.17) is 0 Å². The standard InChI is InChI=1S/C30H39N5S/c1-9-30(4)14-12-24(27-10-11-29(36-27)34(7)8)17-25(30)16-21(2)32-22(3)23-13-15-31-28(18-23)35-19-26(20-35)33(5)6/h9-13,15-18,26,32H,1,3,14,19-20H2,2,4-8H3/b21-16+. The Balaban J connectivity index is 1.50. The average Bonchev–Trinajstić information content (AvgIpc) is 3.30. The van der Waals surface area contributed by atoms with Crippen molar-refractivity contribution in [1.82, 2.24) is 15.2 Å². The minimum absolute atomic E-state index is 0.111. The number of hydrogen-bond acceptors (Lipinski definition) is 6. The van der Waals surface area contributed by atoms with E-state index in [0.29, 0.717) is 6.04 Å². The van der Waals surface area contributed by atoms with Crippen LogP contribution in [0.4, 0.5) is 10.8 Å². The third-order valence-electron chi connectivity index (χ3n) is 7.21. The Morgan fingerprint density at radius 3 is 2.61 bits per heavy atom. The van der Waals surface area contributed by atoms with E-state index in [-0.39, 0.29) is 5.41 Å². The Labute approximate surface area is 220 Å². The van der Waals surface area contributed by atoms with Crippen molar-refractivity contribution in [3.05, 3.63) is 89.6 Å². The molecule has 0 aromatic carbocycles. The molecule has 1 aliphatic heterocycles. The van der Waals surface area contributed by atoms with E-state index in [0.717, 1.165) is 42.3 Å². The molecule has 0 saturated carbocycles. The van der Waals surface area contributed by atoms with Crippen LogP contribution in [0.1, 0.15) is 30.7 Å². The molecule has 36 heavy (non-hydrogen) atoms. The van der Waals surface area contributed by atoms with E-state index in [1.165, 1.54) is 21.0 Å². The molecule has 190 valence electrons. The van der Waals surface area contributed by atoms with Gasteiger partial charge in [0.2, 0.25) is 0 Å². The SMILES string of the molecule is C=CC1(C)CC=C(c2ccc(N(C)C)s2)C=C1/C=C(\C)NC(=C)c1ccnc(N2CC(N(C)C)C2)c1. The first-order chi connectivity index (χ1) is 17.1. The fourth-order valence-electron chi connectivity index (χ4n) is 4.46. The Hall–Kier alpha value is -3.09. The molecule has 1 atom stereocenters. The molecule has 0 radical (unpaired) electrons. The smallest absolute Gasteiger partial charge is 0.129 e. The van der Waals surface area contributed by atoms with E-state index in [9.17, 15) is 0 Å². The van der Waals surface area contributed by atoms with Gasteiger partial charge in [0, 0.05) is 66.7 Å². The summed E-state index contributed by atoms with van der Waals surface area (Å²) in [5.41, 5.74) is 5.39. The van der Waals surface area contributed by atoms with Crippen LogP contribution in [0.5, 0.6) is 0 Å². The Morgan fingerprint density at radius 2 is 1.97 bits per heavy atom. The van der Waals surface area contributed by atoms with Gasteiger partial charge >= 0.3 is 0 Å². The zero-order valence-electron chi connectivity index (χ0n) is 22.5. The summed E-state index contributed by atoms with van der Waals surface area (Å²) in [7, 11) is 8.43. The number of nitrogens with zero attached hydrogens (tertiary/aromatic N) is 4. The molecule has 0 spiro atoms. The Kier molecular flexibility index (Phi) is 7.57. The Bertz CT molecular complexity index is 1230. The fraction of sp³-hybridized carbons (Fsp3) is 0.367. The first kappa shape index (κ1) is 26.0. The first-order valence-electron chi connectivity index (χ1n) is 12.4. The number of hydrogen-bond donors (Lipinski definition) is 1. The van der Waals surface area contributed by atoms with Crippen LogP contribution in [0.15, 0.2) is 79.2 Å². The molecule has 1 aliphatic carbocycles. The van der Waals surface area contributed by atoms with Gasteiger partial charge in [-0.25, -0.2) is 4.98 Å². The average molecular weight is 502 g/mol. The van der Waals surface area contributed by atoms with E-state index >= 15 is 0 Å². The molecule has 1 N–H and O–H groups in total. The lowest BCUT2D eigenvalue weighted by Gasteiger charge is -2.43. The molecule has 3 heterocycles. The molecule has 1 fully saturated rings. The number of anilines is 2. The van der Waals surface area contributed by atoms with Gasteiger partial charge in [-0.05, 0) is 75.0 Å². The summed E-state index contributed by atoms with van der Waals surface area (Å²) in [6.45, 7) is 14.8. The van der Waals surface area contributed by atoms with Crippen LogP contribution in [0.2, 0.25) is 0 Å². The third kappa shape index (κ3) is 5.50. The van der Waals surface area contributed by atoms with E-state index < -0.39 is 0 Å². The van der Waals surface area contributed by atoms with Gasteiger partial charge in [0.1, 0.15) is 5.82 Å². The molecule has 0 bridgehead atoms. The first-order valence-corrected chi connectivity index (χ1v) is 13.3. The predicted molar refractivity (Wildman–Crippen MR) is 157 cm³/mol. The van der Waals surface area contributed by atoms with Crippen LogP contribution in [-0.2, 0) is 0 Å². The molecule has 1 saturated heterocycles. The fourth-order valence-corrected chi connectivity index (χ4v) is 5.40. The predicted octanol–water partition coefficient (Wildman–Crippen LogP) is 6.03. The molecular formula is C30H39N5S. The summed E-state index contributed by atoms with van der Waals surface area (Å²) >= 11 is 1.82. The highest BCUT2D eigenvalue weighted by Crippen LogP contribution is 2.42. The molecule has 0 amide bonds. The lowest BCUT2D eigenvalue weighted by atomic mass is 9.74. The van der Waals surface area contributed by atoms with Crippen LogP contribution in [0, 0.1) is 5.41 Å². The van der Waals surface area contributed by atoms with Gasteiger partial charge in [-0.2, -0.15) is 0 Å². The minimum Gasteiger partial charge on any atom is -0.370 e. The van der Waals surface area contributed by atoms with Gasteiger partial charge in [-0.15, -0.1) is 17.9 Å². The van der Waals surface area contributed by atoms with Crippen molar-refractivity contribution in [2.24, 2.45) is 5.41 Å². The molecule has 2 aliphatic rings. The largest absolute Gasteiger partial charge is 0.370 e. The third-order valence-corrected chi connectivity index (χ3v) is 8.52. The monoisotopic (exact) mass is 501 g/mol. The van der Waals surface area contributed by atoms with Crippen molar-refractivity contribution in [2.75, 3.05) is 51.1 Å². The highest BCUT2D eigenvalue weighted by atomic mass is 32.1. The van der Waals surface area contributed by atoms with Crippen LogP contribution in [0.3, 0.4) is 0 Å². The summed E-state index contributed by atoms with van der Waals surface area (Å²) in [6, 6.07) is 9.14. The molecular weight excluding hydrogens is 462 g/mol. The topological polar surface area (TPSA) is 34.6 Å². The molecule has 2 aromatic heterocycles. The minimum atomic E-state index is -0.111. The van der Waals surface area contributed by atoms with Gasteiger partial charge < -0.3 is 20.0 Å². The molecule has 2 aromatic rings. The molecule has 4 rings (SSSR count). The molecule has 1 unspecified atom stereocenters. The van der Waals surface area contributed by atoms with Crippen molar-refractivity contribution in [3.8, 4) is 0 Å². The van der Waals surface area contributed by atoms with Gasteiger partial charge in [-0.3, -0.25) is 0 Å². The van der Waals surface area contributed by atoms with Crippen molar-refractivity contribution in [3.63, 3.8) is 0 Å². The summed E-state index contributed by atoms with van der Waals surface area (Å²) in [5.74, 6) is 1.01. The molecule has 5 nitrogen and oxygen atoms in total. The van der Waals surface area contributed by atoms with Crippen LogP contribution >= 0.6 is 11.3 Å². The van der Waals surface area contributed by atoms with Crippen molar-refractivity contribution < 1.29 is 0 Å². The lowest BCUT2D eigenvalue weighted by Crippen LogP contribution is -2.57. The lowest BCUT2D eigenvalue weighted by molar-refractivity contribution is 0.246. The second-order valence-electron chi connectivity index (χ2n) is 10.5. The van der Waals surface area contributed by atoms with E-state index in [1.54, 1.807) is 0 Å². The second kappa shape index (κ2) is 10.5. The number of nitrogens with one attached hydrogen (secondary N) is 1. The van der Waals surface area contributed by atoms with Gasteiger partial charge in [-0.1, -0.05) is 25.7 Å². The summed E-state index contributed by atoms with van der Waals surface area (Å²) < 4.78 is 0. The summed E-state index contributed by atoms with van der Waals surface area (Å²) in [6.07, 6.45) is 11.7. The number of pyridine rings is 1. The van der Waals surface area contributed by atoms with Gasteiger partial charge in [0.05, 0.1) is 5.00 Å². The number of rotatable bonds is 9. The number of thiophene rings is 1. The quantitative estimate of drug-likeness (QED) is 0.425.